The van der Waals surface area contributed by atoms with Gasteiger partial charge in [-0.3, -0.25) is 9.52 Å². The van der Waals surface area contributed by atoms with Gasteiger partial charge in [0.15, 0.2) is 0 Å². The number of amides is 1. The highest BCUT2D eigenvalue weighted by atomic mass is 32.2. The predicted octanol–water partition coefficient (Wildman–Crippen LogP) is 3.18. The third-order valence-electron chi connectivity index (χ3n) is 3.38. The predicted molar refractivity (Wildman–Crippen MR) is 95.6 cm³/mol. The van der Waals surface area contributed by atoms with E-state index in [1.165, 1.54) is 12.1 Å². The second kappa shape index (κ2) is 7.49. The Kier molecular flexibility index (Phi) is 5.62. The Hall–Kier alpha value is -2.34. The van der Waals surface area contributed by atoms with Gasteiger partial charge in [0, 0.05) is 17.8 Å². The van der Waals surface area contributed by atoms with E-state index in [1.807, 2.05) is 32.9 Å². The second-order valence-corrected chi connectivity index (χ2v) is 7.79. The van der Waals surface area contributed by atoms with Gasteiger partial charge < -0.3 is 5.32 Å². The molecule has 2 N–H and O–H groups in total. The highest BCUT2D eigenvalue weighted by Crippen LogP contribution is 2.17. The van der Waals surface area contributed by atoms with Crippen molar-refractivity contribution in [2.24, 2.45) is 5.92 Å². The zero-order chi connectivity index (χ0) is 17.7. The molecule has 1 amide bonds. The lowest BCUT2D eigenvalue weighted by molar-refractivity contribution is 0.0949. The first-order valence-electron chi connectivity index (χ1n) is 7.75. The molecule has 0 atom stereocenters. The number of hydrogen-bond donors (Lipinski definition) is 2. The third-order valence-corrected chi connectivity index (χ3v) is 4.76. The van der Waals surface area contributed by atoms with Gasteiger partial charge in [-0.05, 0) is 43.2 Å². The van der Waals surface area contributed by atoms with Crippen molar-refractivity contribution in [3.8, 4) is 0 Å². The van der Waals surface area contributed by atoms with Crippen LogP contribution in [0.2, 0.25) is 0 Å². The van der Waals surface area contributed by atoms with Gasteiger partial charge in [0.2, 0.25) is 0 Å². The number of carbonyl (C=O) groups excluding carboxylic acids is 1. The molecule has 0 aromatic heterocycles. The molecule has 0 bridgehead atoms. The fraction of sp³-hybridized carbons (Fsp3) is 0.278. The van der Waals surface area contributed by atoms with Gasteiger partial charge in [0.05, 0.1) is 4.90 Å². The number of rotatable bonds is 6. The van der Waals surface area contributed by atoms with Gasteiger partial charge in [-0.2, -0.15) is 0 Å². The number of sulfonamides is 1. The molecule has 6 heteroatoms. The van der Waals surface area contributed by atoms with E-state index >= 15 is 0 Å². The molecular weight excluding hydrogens is 324 g/mol. The summed E-state index contributed by atoms with van der Waals surface area (Å²) in [6.07, 6.45) is 0. The van der Waals surface area contributed by atoms with E-state index in [-0.39, 0.29) is 10.8 Å². The van der Waals surface area contributed by atoms with E-state index in [0.29, 0.717) is 23.7 Å². The summed E-state index contributed by atoms with van der Waals surface area (Å²) < 4.78 is 27.5. The van der Waals surface area contributed by atoms with Crippen LogP contribution in [-0.4, -0.2) is 20.9 Å². The molecular formula is C18H22N2O3S. The molecule has 5 nitrogen and oxygen atoms in total. The number of carbonyl (C=O) groups is 1. The van der Waals surface area contributed by atoms with Crippen LogP contribution in [0.25, 0.3) is 0 Å². The maximum atomic E-state index is 12.5. The van der Waals surface area contributed by atoms with Gasteiger partial charge in [-0.25, -0.2) is 8.42 Å². The van der Waals surface area contributed by atoms with E-state index in [1.54, 1.807) is 24.3 Å². The minimum absolute atomic E-state index is 0.0558. The van der Waals surface area contributed by atoms with Gasteiger partial charge in [0.1, 0.15) is 0 Å². The summed E-state index contributed by atoms with van der Waals surface area (Å²) in [6, 6.07) is 13.1. The quantitative estimate of drug-likeness (QED) is 0.843. The van der Waals surface area contributed by atoms with Crippen molar-refractivity contribution in [2.45, 2.75) is 25.7 Å². The summed E-state index contributed by atoms with van der Waals surface area (Å²) in [5.74, 6) is 0.0418. The Bertz CT molecular complexity index is 812. The summed E-state index contributed by atoms with van der Waals surface area (Å²) in [6.45, 7) is 6.45. The van der Waals surface area contributed by atoms with Crippen molar-refractivity contribution >= 4 is 21.6 Å². The number of hydrogen-bond acceptors (Lipinski definition) is 3. The molecule has 0 heterocycles. The molecule has 0 aliphatic rings. The first-order valence-corrected chi connectivity index (χ1v) is 9.24. The molecule has 24 heavy (non-hydrogen) atoms. The molecule has 0 unspecified atom stereocenters. The summed E-state index contributed by atoms with van der Waals surface area (Å²) in [4.78, 5) is 12.2. The van der Waals surface area contributed by atoms with Crippen LogP contribution in [0.1, 0.15) is 29.8 Å². The lowest BCUT2D eigenvalue weighted by Crippen LogP contribution is -2.27. The molecule has 0 saturated carbocycles. The van der Waals surface area contributed by atoms with Crippen LogP contribution in [0, 0.1) is 12.8 Å². The molecule has 0 spiro atoms. The van der Waals surface area contributed by atoms with Gasteiger partial charge in [0.25, 0.3) is 15.9 Å². The van der Waals surface area contributed by atoms with Crippen molar-refractivity contribution in [3.05, 3.63) is 59.7 Å². The van der Waals surface area contributed by atoms with E-state index in [2.05, 4.69) is 10.0 Å². The molecule has 0 saturated heterocycles. The minimum atomic E-state index is -3.74. The normalized spacial score (nSPS) is 11.3. The fourth-order valence-electron chi connectivity index (χ4n) is 2.04. The number of anilines is 1. The van der Waals surface area contributed by atoms with Crippen LogP contribution < -0.4 is 10.0 Å². The van der Waals surface area contributed by atoms with Crippen molar-refractivity contribution < 1.29 is 13.2 Å². The standard InChI is InChI=1S/C18H22N2O3S/c1-13(2)12-19-18(21)15-5-4-6-17(11-15)24(22,23)20-16-9-7-14(3)8-10-16/h4-11,13,20H,12H2,1-3H3,(H,19,21). The Morgan fingerprint density at radius 2 is 1.75 bits per heavy atom. The third kappa shape index (κ3) is 4.83. The SMILES string of the molecule is Cc1ccc(NS(=O)(=O)c2cccc(C(=O)NCC(C)C)c2)cc1. The van der Waals surface area contributed by atoms with E-state index in [0.717, 1.165) is 5.56 Å². The number of aryl methyl sites for hydroxylation is 1. The lowest BCUT2D eigenvalue weighted by Gasteiger charge is -2.11. The molecule has 2 aromatic rings. The highest BCUT2D eigenvalue weighted by molar-refractivity contribution is 7.92. The Morgan fingerprint density at radius 3 is 2.38 bits per heavy atom. The molecule has 128 valence electrons. The average Bonchev–Trinajstić information content (AvgIpc) is 2.54. The maximum absolute atomic E-state index is 12.5. The molecule has 2 aromatic carbocycles. The smallest absolute Gasteiger partial charge is 0.261 e. The van der Waals surface area contributed by atoms with Crippen molar-refractivity contribution in [2.75, 3.05) is 11.3 Å². The molecule has 0 aliphatic heterocycles. The van der Waals surface area contributed by atoms with Gasteiger partial charge >= 0.3 is 0 Å². The summed E-state index contributed by atoms with van der Waals surface area (Å²) in [5.41, 5.74) is 1.85. The van der Waals surface area contributed by atoms with Crippen LogP contribution in [0.3, 0.4) is 0 Å². The number of benzene rings is 2. The molecule has 0 fully saturated rings. The van der Waals surface area contributed by atoms with E-state index in [4.69, 9.17) is 0 Å². The maximum Gasteiger partial charge on any atom is 0.261 e. The van der Waals surface area contributed by atoms with Crippen LogP contribution in [0.5, 0.6) is 0 Å². The van der Waals surface area contributed by atoms with Crippen LogP contribution in [0.15, 0.2) is 53.4 Å². The average molecular weight is 346 g/mol. The topological polar surface area (TPSA) is 75.3 Å². The van der Waals surface area contributed by atoms with Crippen molar-refractivity contribution in [3.63, 3.8) is 0 Å². The molecule has 0 radical (unpaired) electrons. The fourth-order valence-corrected chi connectivity index (χ4v) is 3.14. The van der Waals surface area contributed by atoms with Crippen LogP contribution in [0.4, 0.5) is 5.69 Å². The van der Waals surface area contributed by atoms with Gasteiger partial charge in [-0.15, -0.1) is 0 Å². The van der Waals surface area contributed by atoms with E-state index in [9.17, 15) is 13.2 Å². The Balaban J connectivity index is 2.20. The first-order chi connectivity index (χ1) is 11.3. The Morgan fingerprint density at radius 1 is 1.08 bits per heavy atom. The molecule has 2 rings (SSSR count). The minimum Gasteiger partial charge on any atom is -0.352 e. The summed E-state index contributed by atoms with van der Waals surface area (Å²) in [5, 5.41) is 2.78. The zero-order valence-electron chi connectivity index (χ0n) is 14.0. The summed E-state index contributed by atoms with van der Waals surface area (Å²) in [7, 11) is -3.74. The Labute approximate surface area is 143 Å². The van der Waals surface area contributed by atoms with Crippen molar-refractivity contribution in [1.29, 1.82) is 0 Å². The van der Waals surface area contributed by atoms with Crippen LogP contribution >= 0.6 is 0 Å². The highest BCUT2D eigenvalue weighted by Gasteiger charge is 2.16. The molecule has 0 aliphatic carbocycles. The zero-order valence-corrected chi connectivity index (χ0v) is 14.9. The van der Waals surface area contributed by atoms with Crippen molar-refractivity contribution in [1.82, 2.24) is 5.32 Å². The first kappa shape index (κ1) is 18.0. The second-order valence-electron chi connectivity index (χ2n) is 6.10. The largest absolute Gasteiger partial charge is 0.352 e. The van der Waals surface area contributed by atoms with Gasteiger partial charge in [-0.1, -0.05) is 37.6 Å². The lowest BCUT2D eigenvalue weighted by atomic mass is 10.2. The monoisotopic (exact) mass is 346 g/mol. The van der Waals surface area contributed by atoms with E-state index < -0.39 is 10.0 Å². The van der Waals surface area contributed by atoms with Crippen LogP contribution in [-0.2, 0) is 10.0 Å². The summed E-state index contributed by atoms with van der Waals surface area (Å²) >= 11 is 0. The number of nitrogens with one attached hydrogen (secondary N) is 2.